The molecule has 0 aliphatic heterocycles. The average Bonchev–Trinajstić information content (AvgIpc) is 2.44. The summed E-state index contributed by atoms with van der Waals surface area (Å²) in [5.41, 5.74) is 3.20. The van der Waals surface area contributed by atoms with Crippen LogP contribution in [-0.4, -0.2) is 30.3 Å². The Morgan fingerprint density at radius 2 is 1.86 bits per heavy atom. The summed E-state index contributed by atoms with van der Waals surface area (Å²) in [5.74, 6) is 0.239. The quantitative estimate of drug-likeness (QED) is 0.835. The molecule has 1 N–H and O–H groups in total. The molecule has 0 atom stereocenters. The zero-order chi connectivity index (χ0) is 15.2. The van der Waals surface area contributed by atoms with Gasteiger partial charge in [0.2, 0.25) is 0 Å². The molecule has 0 amide bonds. The van der Waals surface area contributed by atoms with Crippen molar-refractivity contribution in [3.05, 3.63) is 63.6 Å². The number of halogens is 1. The number of aromatic hydroxyl groups is 1. The first-order chi connectivity index (χ1) is 10.1. The third kappa shape index (κ3) is 4.69. The average molecular weight is 347 g/mol. The highest BCUT2D eigenvalue weighted by Gasteiger charge is 2.02. The maximum Gasteiger partial charge on any atom is 0.124 e. The summed E-state index contributed by atoms with van der Waals surface area (Å²) in [6.07, 6.45) is 1.71. The molecule has 0 radical (unpaired) electrons. The Hall–Kier alpha value is -1.65. The molecule has 0 saturated carbocycles. The Kier molecular flexibility index (Phi) is 5.53. The van der Waals surface area contributed by atoms with E-state index in [1.807, 2.05) is 18.2 Å². The summed E-state index contributed by atoms with van der Waals surface area (Å²) < 4.78 is 0.926. The number of rotatable bonds is 5. The molecule has 0 aliphatic carbocycles. The van der Waals surface area contributed by atoms with Crippen LogP contribution in [0.5, 0.6) is 5.75 Å². The normalized spacial score (nSPS) is 11.4. The molecule has 0 aromatic heterocycles. The second-order valence-electron chi connectivity index (χ2n) is 5.18. The van der Waals surface area contributed by atoms with E-state index in [4.69, 9.17) is 0 Å². The molecule has 0 heterocycles. The molecular formula is C17H19BrN2O. The van der Waals surface area contributed by atoms with Gasteiger partial charge >= 0.3 is 0 Å². The molecule has 3 nitrogen and oxygen atoms in total. The minimum atomic E-state index is 0.239. The van der Waals surface area contributed by atoms with Crippen LogP contribution < -0.4 is 0 Å². The topological polar surface area (TPSA) is 35.8 Å². The molecule has 0 bridgehead atoms. The van der Waals surface area contributed by atoms with Crippen LogP contribution in [-0.2, 0) is 13.1 Å². The van der Waals surface area contributed by atoms with Crippen LogP contribution in [0.2, 0.25) is 0 Å². The van der Waals surface area contributed by atoms with Gasteiger partial charge in [-0.1, -0.05) is 40.2 Å². The van der Waals surface area contributed by atoms with Crippen LogP contribution in [0.4, 0.5) is 0 Å². The lowest BCUT2D eigenvalue weighted by atomic mass is 10.1. The first-order valence-corrected chi connectivity index (χ1v) is 7.55. The molecule has 21 heavy (non-hydrogen) atoms. The maximum absolute atomic E-state index is 9.79. The first kappa shape index (κ1) is 15.7. The van der Waals surface area contributed by atoms with Gasteiger partial charge < -0.3 is 10.0 Å². The highest BCUT2D eigenvalue weighted by atomic mass is 79.9. The fraction of sp³-hybridized carbons (Fsp3) is 0.235. The van der Waals surface area contributed by atoms with Gasteiger partial charge in [-0.05, 0) is 43.4 Å². The molecule has 0 fully saturated rings. The number of nitrogens with zero attached hydrogens (tertiary/aromatic N) is 2. The largest absolute Gasteiger partial charge is 0.507 e. The molecule has 0 spiro atoms. The summed E-state index contributed by atoms with van der Waals surface area (Å²) in [5, 5.41) is 9.79. The highest BCUT2D eigenvalue weighted by molar-refractivity contribution is 9.10. The van der Waals surface area contributed by atoms with E-state index in [0.717, 1.165) is 16.6 Å². The third-order valence-corrected chi connectivity index (χ3v) is 3.58. The fourth-order valence-corrected chi connectivity index (χ4v) is 2.46. The smallest absolute Gasteiger partial charge is 0.124 e. The molecule has 0 unspecified atom stereocenters. The lowest BCUT2D eigenvalue weighted by Crippen LogP contribution is -2.12. The lowest BCUT2D eigenvalue weighted by Gasteiger charge is -2.12. The van der Waals surface area contributed by atoms with Crippen LogP contribution >= 0.6 is 15.9 Å². The van der Waals surface area contributed by atoms with Crippen LogP contribution in [0.1, 0.15) is 16.7 Å². The van der Waals surface area contributed by atoms with E-state index in [9.17, 15) is 5.11 Å². The minimum Gasteiger partial charge on any atom is -0.507 e. The fourth-order valence-electron chi connectivity index (χ4n) is 2.08. The summed E-state index contributed by atoms with van der Waals surface area (Å²) in [4.78, 5) is 6.60. The van der Waals surface area contributed by atoms with Crippen molar-refractivity contribution in [3.63, 3.8) is 0 Å². The van der Waals surface area contributed by atoms with E-state index in [0.29, 0.717) is 6.54 Å². The van der Waals surface area contributed by atoms with Crippen molar-refractivity contribution in [2.75, 3.05) is 14.1 Å². The van der Waals surface area contributed by atoms with Gasteiger partial charge in [-0.25, -0.2) is 0 Å². The molecule has 2 aromatic carbocycles. The molecule has 2 rings (SSSR count). The van der Waals surface area contributed by atoms with E-state index in [1.54, 1.807) is 18.3 Å². The van der Waals surface area contributed by atoms with Crippen LogP contribution in [0, 0.1) is 0 Å². The van der Waals surface area contributed by atoms with Gasteiger partial charge in [0.1, 0.15) is 5.75 Å². The molecule has 2 aromatic rings. The predicted molar refractivity (Wildman–Crippen MR) is 90.9 cm³/mol. The van der Waals surface area contributed by atoms with Gasteiger partial charge in [-0.3, -0.25) is 4.99 Å². The third-order valence-electron chi connectivity index (χ3n) is 3.09. The van der Waals surface area contributed by atoms with E-state index in [1.165, 1.54) is 11.1 Å². The second kappa shape index (κ2) is 7.38. The Morgan fingerprint density at radius 1 is 1.14 bits per heavy atom. The second-order valence-corrected chi connectivity index (χ2v) is 6.10. The van der Waals surface area contributed by atoms with Gasteiger partial charge in [-0.15, -0.1) is 0 Å². The van der Waals surface area contributed by atoms with Crippen molar-refractivity contribution < 1.29 is 5.11 Å². The van der Waals surface area contributed by atoms with E-state index < -0.39 is 0 Å². The zero-order valence-electron chi connectivity index (χ0n) is 12.3. The molecule has 110 valence electrons. The van der Waals surface area contributed by atoms with Crippen molar-refractivity contribution in [3.8, 4) is 5.75 Å². The van der Waals surface area contributed by atoms with Crippen LogP contribution in [0.3, 0.4) is 0 Å². The maximum atomic E-state index is 9.79. The zero-order valence-corrected chi connectivity index (χ0v) is 13.8. The SMILES string of the molecule is CN(C)Cc1ccccc1CN=Cc1cc(Br)ccc1O. The van der Waals surface area contributed by atoms with Gasteiger partial charge in [0.05, 0.1) is 6.54 Å². The molecular weight excluding hydrogens is 328 g/mol. The summed E-state index contributed by atoms with van der Waals surface area (Å²) in [7, 11) is 4.11. The van der Waals surface area contributed by atoms with Crippen molar-refractivity contribution in [1.29, 1.82) is 0 Å². The monoisotopic (exact) mass is 346 g/mol. The number of hydrogen-bond donors (Lipinski definition) is 1. The lowest BCUT2D eigenvalue weighted by molar-refractivity contribution is 0.401. The Morgan fingerprint density at radius 3 is 2.57 bits per heavy atom. The Labute approximate surface area is 134 Å². The van der Waals surface area contributed by atoms with Crippen molar-refractivity contribution >= 4 is 22.1 Å². The van der Waals surface area contributed by atoms with Crippen molar-refractivity contribution in [1.82, 2.24) is 4.90 Å². The minimum absolute atomic E-state index is 0.239. The summed E-state index contributed by atoms with van der Waals surface area (Å²) in [6.45, 7) is 1.50. The van der Waals surface area contributed by atoms with Gasteiger partial charge in [0.25, 0.3) is 0 Å². The van der Waals surface area contributed by atoms with Gasteiger partial charge in [-0.2, -0.15) is 0 Å². The molecule has 0 saturated heterocycles. The van der Waals surface area contributed by atoms with Gasteiger partial charge in [0, 0.05) is 22.8 Å². The molecule has 0 aliphatic rings. The molecule has 4 heteroatoms. The van der Waals surface area contributed by atoms with E-state index >= 15 is 0 Å². The number of phenols is 1. The number of hydrogen-bond acceptors (Lipinski definition) is 3. The van der Waals surface area contributed by atoms with E-state index in [2.05, 4.69) is 52.1 Å². The summed E-state index contributed by atoms with van der Waals surface area (Å²) >= 11 is 3.39. The number of benzene rings is 2. The first-order valence-electron chi connectivity index (χ1n) is 6.76. The summed E-state index contributed by atoms with van der Waals surface area (Å²) in [6, 6.07) is 13.6. The van der Waals surface area contributed by atoms with Crippen molar-refractivity contribution in [2.45, 2.75) is 13.1 Å². The van der Waals surface area contributed by atoms with Crippen LogP contribution in [0.25, 0.3) is 0 Å². The highest BCUT2D eigenvalue weighted by Crippen LogP contribution is 2.20. The number of phenolic OH excluding ortho intramolecular Hbond substituents is 1. The number of aliphatic imine (C=N–C) groups is 1. The van der Waals surface area contributed by atoms with Crippen molar-refractivity contribution in [2.24, 2.45) is 4.99 Å². The Balaban J connectivity index is 2.12. The van der Waals surface area contributed by atoms with Gasteiger partial charge in [0.15, 0.2) is 0 Å². The van der Waals surface area contributed by atoms with E-state index in [-0.39, 0.29) is 5.75 Å². The Bertz CT molecular complexity index is 638. The predicted octanol–water partition coefficient (Wildman–Crippen LogP) is 3.84. The van der Waals surface area contributed by atoms with Crippen LogP contribution in [0.15, 0.2) is 51.9 Å². The standard InChI is InChI=1S/C17H19BrN2O/c1-20(2)12-14-6-4-3-5-13(14)10-19-11-15-9-16(18)7-8-17(15)21/h3-9,11,21H,10,12H2,1-2H3.